The number of nitrogens with zero attached hydrogens (tertiary/aromatic N) is 1. The summed E-state index contributed by atoms with van der Waals surface area (Å²) in [5, 5.41) is 3.20. The van der Waals surface area contributed by atoms with Crippen molar-refractivity contribution in [2.75, 3.05) is 26.0 Å². The van der Waals surface area contributed by atoms with E-state index >= 15 is 0 Å². The molecule has 0 aromatic heterocycles. The smallest absolute Gasteiger partial charge is 0.242 e. The maximum absolute atomic E-state index is 12.0. The third-order valence-corrected chi connectivity index (χ3v) is 4.63. The first-order valence-electron chi connectivity index (χ1n) is 5.72. The molecule has 0 radical (unpaired) electrons. The van der Waals surface area contributed by atoms with Crippen molar-refractivity contribution in [3.05, 3.63) is 18.2 Å². The molecule has 1 N–H and O–H groups in total. The van der Waals surface area contributed by atoms with E-state index in [1.807, 2.05) is 13.8 Å². The van der Waals surface area contributed by atoms with Gasteiger partial charge in [-0.15, -0.1) is 0 Å². The van der Waals surface area contributed by atoms with E-state index in [1.165, 1.54) is 18.4 Å². The standard InChI is InChI=1S/C12H18N2O3S/c1-12(2)8-13-10-7-9(5-6-11(10)17-12)18(15,16)14(3)4/h5-7,13H,8H2,1-4H3. The molecule has 0 bridgehead atoms. The lowest BCUT2D eigenvalue weighted by Crippen LogP contribution is -2.40. The molecule has 0 fully saturated rings. The fourth-order valence-electron chi connectivity index (χ4n) is 1.75. The molecule has 1 heterocycles. The molecule has 0 saturated heterocycles. The zero-order valence-electron chi connectivity index (χ0n) is 11.0. The Morgan fingerprint density at radius 1 is 1.33 bits per heavy atom. The molecule has 0 spiro atoms. The molecule has 2 rings (SSSR count). The van der Waals surface area contributed by atoms with Gasteiger partial charge in [0.05, 0.1) is 17.1 Å². The molecule has 1 aliphatic heterocycles. The van der Waals surface area contributed by atoms with Crippen molar-refractivity contribution in [1.29, 1.82) is 0 Å². The average Bonchev–Trinajstić information content (AvgIpc) is 2.26. The number of fused-ring (bicyclic) bond motifs is 1. The molecular weight excluding hydrogens is 252 g/mol. The summed E-state index contributed by atoms with van der Waals surface area (Å²) >= 11 is 0. The van der Waals surface area contributed by atoms with Crippen LogP contribution < -0.4 is 10.1 Å². The number of hydrogen-bond acceptors (Lipinski definition) is 4. The van der Waals surface area contributed by atoms with Gasteiger partial charge in [-0.3, -0.25) is 0 Å². The van der Waals surface area contributed by atoms with Crippen molar-refractivity contribution < 1.29 is 13.2 Å². The van der Waals surface area contributed by atoms with Gasteiger partial charge in [0.25, 0.3) is 0 Å². The van der Waals surface area contributed by atoms with Gasteiger partial charge in [-0.1, -0.05) is 0 Å². The van der Waals surface area contributed by atoms with Crippen molar-refractivity contribution in [1.82, 2.24) is 4.31 Å². The van der Waals surface area contributed by atoms with Crippen LogP contribution in [0, 0.1) is 0 Å². The van der Waals surface area contributed by atoms with Gasteiger partial charge in [0.1, 0.15) is 11.4 Å². The summed E-state index contributed by atoms with van der Waals surface area (Å²) in [4.78, 5) is 0.266. The van der Waals surface area contributed by atoms with Crippen molar-refractivity contribution >= 4 is 15.7 Å². The van der Waals surface area contributed by atoms with Crippen LogP contribution >= 0.6 is 0 Å². The summed E-state index contributed by atoms with van der Waals surface area (Å²) in [5.41, 5.74) is 0.437. The highest BCUT2D eigenvalue weighted by Gasteiger charge is 2.27. The number of anilines is 1. The van der Waals surface area contributed by atoms with Gasteiger partial charge in [0.2, 0.25) is 10.0 Å². The summed E-state index contributed by atoms with van der Waals surface area (Å²) in [6, 6.07) is 4.87. The Hall–Kier alpha value is -1.27. The maximum atomic E-state index is 12.0. The summed E-state index contributed by atoms with van der Waals surface area (Å²) in [6.45, 7) is 4.60. The summed E-state index contributed by atoms with van der Waals surface area (Å²) in [7, 11) is -0.370. The molecular formula is C12H18N2O3S. The third-order valence-electron chi connectivity index (χ3n) is 2.82. The van der Waals surface area contributed by atoms with Gasteiger partial charge in [-0.25, -0.2) is 12.7 Å². The average molecular weight is 270 g/mol. The molecule has 0 amide bonds. The maximum Gasteiger partial charge on any atom is 0.242 e. The molecule has 0 saturated carbocycles. The normalized spacial score (nSPS) is 17.8. The minimum atomic E-state index is -3.40. The molecule has 0 aliphatic carbocycles. The molecule has 6 heteroatoms. The first-order chi connectivity index (χ1) is 8.22. The van der Waals surface area contributed by atoms with E-state index in [4.69, 9.17) is 4.74 Å². The first-order valence-corrected chi connectivity index (χ1v) is 7.16. The molecule has 0 unspecified atom stereocenters. The van der Waals surface area contributed by atoms with Gasteiger partial charge in [-0.05, 0) is 32.0 Å². The van der Waals surface area contributed by atoms with Crippen molar-refractivity contribution in [2.45, 2.75) is 24.3 Å². The predicted octanol–water partition coefficient (Wildman–Crippen LogP) is 1.52. The number of rotatable bonds is 2. The topological polar surface area (TPSA) is 58.6 Å². The minimum absolute atomic E-state index is 0.266. The van der Waals surface area contributed by atoms with Crippen molar-refractivity contribution in [2.24, 2.45) is 0 Å². The van der Waals surface area contributed by atoms with E-state index < -0.39 is 10.0 Å². The molecule has 5 nitrogen and oxygen atoms in total. The predicted molar refractivity (Wildman–Crippen MR) is 70.5 cm³/mol. The second kappa shape index (κ2) is 4.13. The van der Waals surface area contributed by atoms with Gasteiger partial charge >= 0.3 is 0 Å². The second-order valence-corrected chi connectivity index (χ2v) is 7.31. The Bertz CT molecular complexity index is 565. The summed E-state index contributed by atoms with van der Waals surface area (Å²) < 4.78 is 31.0. The van der Waals surface area contributed by atoms with Crippen LogP contribution in [0.2, 0.25) is 0 Å². The highest BCUT2D eigenvalue weighted by Crippen LogP contribution is 2.34. The highest BCUT2D eigenvalue weighted by molar-refractivity contribution is 7.89. The molecule has 100 valence electrons. The van der Waals surface area contributed by atoms with Gasteiger partial charge in [0.15, 0.2) is 0 Å². The van der Waals surface area contributed by atoms with Gasteiger partial charge < -0.3 is 10.1 Å². The lowest BCUT2D eigenvalue weighted by molar-refractivity contribution is 0.116. The Morgan fingerprint density at radius 2 is 2.00 bits per heavy atom. The van der Waals surface area contributed by atoms with Crippen LogP contribution in [-0.4, -0.2) is 39.0 Å². The number of hydrogen-bond donors (Lipinski definition) is 1. The highest BCUT2D eigenvalue weighted by atomic mass is 32.2. The Kier molecular flexibility index (Phi) is 3.03. The number of ether oxygens (including phenoxy) is 1. The lowest BCUT2D eigenvalue weighted by atomic mass is 10.1. The largest absolute Gasteiger partial charge is 0.484 e. The van der Waals surface area contributed by atoms with Crippen LogP contribution in [0.15, 0.2) is 23.1 Å². The Morgan fingerprint density at radius 3 is 2.61 bits per heavy atom. The molecule has 0 atom stereocenters. The van der Waals surface area contributed by atoms with E-state index in [2.05, 4.69) is 5.32 Å². The van der Waals surface area contributed by atoms with E-state index in [9.17, 15) is 8.42 Å². The van der Waals surface area contributed by atoms with Crippen LogP contribution in [0.4, 0.5) is 5.69 Å². The SMILES string of the molecule is CN(C)S(=O)(=O)c1ccc2c(c1)NCC(C)(C)O2. The second-order valence-electron chi connectivity index (χ2n) is 5.16. The quantitative estimate of drug-likeness (QED) is 0.885. The first kappa shape index (κ1) is 13.2. The summed E-state index contributed by atoms with van der Waals surface area (Å²) in [5.74, 6) is 0.684. The van der Waals surface area contributed by atoms with E-state index in [-0.39, 0.29) is 10.5 Å². The number of nitrogens with one attached hydrogen (secondary N) is 1. The third kappa shape index (κ3) is 2.30. The van der Waals surface area contributed by atoms with Gasteiger partial charge in [-0.2, -0.15) is 0 Å². The van der Waals surface area contributed by atoms with Gasteiger partial charge in [0, 0.05) is 14.1 Å². The fraction of sp³-hybridized carbons (Fsp3) is 0.500. The van der Waals surface area contributed by atoms with Crippen LogP contribution in [-0.2, 0) is 10.0 Å². The molecule has 1 aromatic carbocycles. The van der Waals surface area contributed by atoms with E-state index in [0.717, 1.165) is 5.69 Å². The number of sulfonamides is 1. The summed E-state index contributed by atoms with van der Waals surface area (Å²) in [6.07, 6.45) is 0. The minimum Gasteiger partial charge on any atom is -0.484 e. The van der Waals surface area contributed by atoms with E-state index in [0.29, 0.717) is 12.3 Å². The van der Waals surface area contributed by atoms with Crippen molar-refractivity contribution in [3.63, 3.8) is 0 Å². The van der Waals surface area contributed by atoms with Crippen LogP contribution in [0.3, 0.4) is 0 Å². The van der Waals surface area contributed by atoms with E-state index in [1.54, 1.807) is 18.2 Å². The van der Waals surface area contributed by atoms with Crippen LogP contribution in [0.25, 0.3) is 0 Å². The molecule has 1 aliphatic rings. The lowest BCUT2D eigenvalue weighted by Gasteiger charge is -2.33. The van der Waals surface area contributed by atoms with Crippen molar-refractivity contribution in [3.8, 4) is 5.75 Å². The zero-order chi connectivity index (χ0) is 13.6. The van der Waals surface area contributed by atoms with Crippen LogP contribution in [0.5, 0.6) is 5.75 Å². The van der Waals surface area contributed by atoms with Crippen LogP contribution in [0.1, 0.15) is 13.8 Å². The monoisotopic (exact) mass is 270 g/mol. The Balaban J connectivity index is 2.42. The molecule has 18 heavy (non-hydrogen) atoms. The Labute approximate surface area is 108 Å². The fourth-order valence-corrected chi connectivity index (χ4v) is 2.68. The number of benzene rings is 1. The zero-order valence-corrected chi connectivity index (χ0v) is 11.8. The molecule has 1 aromatic rings.